The number of hydrogen-bond donors (Lipinski definition) is 2. The van der Waals surface area contributed by atoms with Crippen LogP contribution < -0.4 is 10.6 Å². The number of hydrogen-bond acceptors (Lipinski definition) is 3. The number of halogens is 1. The third-order valence-corrected chi connectivity index (χ3v) is 4.42. The van der Waals surface area contributed by atoms with E-state index in [9.17, 15) is 4.79 Å². The quantitative estimate of drug-likeness (QED) is 0.844. The SMILES string of the molecule is CC(NCc1ccncc1Cl)c1ccc(NC(=O)C2CC2)cc1. The van der Waals surface area contributed by atoms with Crippen LogP contribution in [0.15, 0.2) is 42.7 Å². The van der Waals surface area contributed by atoms with Crippen molar-refractivity contribution < 1.29 is 4.79 Å². The van der Waals surface area contributed by atoms with Crippen molar-refractivity contribution in [2.24, 2.45) is 5.92 Å². The third-order valence-electron chi connectivity index (χ3n) is 4.08. The minimum atomic E-state index is 0.135. The summed E-state index contributed by atoms with van der Waals surface area (Å²) in [4.78, 5) is 15.7. The van der Waals surface area contributed by atoms with Crippen molar-refractivity contribution in [1.29, 1.82) is 0 Å². The summed E-state index contributed by atoms with van der Waals surface area (Å²) in [6.45, 7) is 2.79. The lowest BCUT2D eigenvalue weighted by molar-refractivity contribution is -0.117. The van der Waals surface area contributed by atoms with Crippen LogP contribution in [0.4, 0.5) is 5.69 Å². The fraction of sp³-hybridized carbons (Fsp3) is 0.333. The Morgan fingerprint density at radius 1 is 1.30 bits per heavy atom. The van der Waals surface area contributed by atoms with E-state index in [-0.39, 0.29) is 17.9 Å². The third kappa shape index (κ3) is 4.30. The normalized spacial score (nSPS) is 15.2. The molecule has 1 heterocycles. The highest BCUT2D eigenvalue weighted by Crippen LogP contribution is 2.30. The number of nitrogens with zero attached hydrogens (tertiary/aromatic N) is 1. The molecule has 120 valence electrons. The van der Waals surface area contributed by atoms with Crippen LogP contribution in [0, 0.1) is 5.92 Å². The van der Waals surface area contributed by atoms with Gasteiger partial charge in [-0.3, -0.25) is 9.78 Å². The van der Waals surface area contributed by atoms with Gasteiger partial charge in [-0.15, -0.1) is 0 Å². The minimum absolute atomic E-state index is 0.135. The van der Waals surface area contributed by atoms with Crippen LogP contribution in [0.2, 0.25) is 5.02 Å². The summed E-state index contributed by atoms with van der Waals surface area (Å²) in [6, 6.07) is 10.1. The van der Waals surface area contributed by atoms with Crippen LogP contribution in [0.1, 0.15) is 36.9 Å². The van der Waals surface area contributed by atoms with Crippen LogP contribution in [0.5, 0.6) is 0 Å². The largest absolute Gasteiger partial charge is 0.326 e. The Morgan fingerprint density at radius 2 is 2.04 bits per heavy atom. The smallest absolute Gasteiger partial charge is 0.227 e. The molecular weight excluding hydrogens is 310 g/mol. The lowest BCUT2D eigenvalue weighted by atomic mass is 10.1. The molecule has 1 fully saturated rings. The Bertz CT molecular complexity index is 683. The molecule has 0 saturated heterocycles. The van der Waals surface area contributed by atoms with Gasteiger partial charge in [0.05, 0.1) is 5.02 Å². The fourth-order valence-electron chi connectivity index (χ4n) is 2.37. The molecule has 5 heteroatoms. The van der Waals surface area contributed by atoms with Gasteiger partial charge in [-0.2, -0.15) is 0 Å². The van der Waals surface area contributed by atoms with Crippen molar-refractivity contribution in [3.63, 3.8) is 0 Å². The van der Waals surface area contributed by atoms with Gasteiger partial charge in [0.1, 0.15) is 0 Å². The summed E-state index contributed by atoms with van der Waals surface area (Å²) in [5, 5.41) is 7.07. The van der Waals surface area contributed by atoms with E-state index in [1.807, 2.05) is 30.3 Å². The van der Waals surface area contributed by atoms with Crippen molar-refractivity contribution in [3.05, 3.63) is 58.9 Å². The molecule has 1 atom stereocenters. The Kier molecular flexibility index (Phi) is 4.94. The maximum absolute atomic E-state index is 11.7. The Morgan fingerprint density at radius 3 is 2.70 bits per heavy atom. The molecule has 0 spiro atoms. The lowest BCUT2D eigenvalue weighted by Crippen LogP contribution is -2.18. The monoisotopic (exact) mass is 329 g/mol. The first-order valence-corrected chi connectivity index (χ1v) is 8.24. The molecule has 23 heavy (non-hydrogen) atoms. The number of aromatic nitrogens is 1. The maximum Gasteiger partial charge on any atom is 0.227 e. The van der Waals surface area contributed by atoms with Gasteiger partial charge >= 0.3 is 0 Å². The molecule has 1 saturated carbocycles. The van der Waals surface area contributed by atoms with Gasteiger partial charge < -0.3 is 10.6 Å². The second kappa shape index (κ2) is 7.11. The van der Waals surface area contributed by atoms with Crippen molar-refractivity contribution in [2.45, 2.75) is 32.4 Å². The number of carbonyl (C=O) groups is 1. The highest BCUT2D eigenvalue weighted by Gasteiger charge is 2.29. The topological polar surface area (TPSA) is 54.0 Å². The zero-order valence-electron chi connectivity index (χ0n) is 13.1. The zero-order chi connectivity index (χ0) is 16.2. The van der Waals surface area contributed by atoms with Crippen LogP contribution in [-0.2, 0) is 11.3 Å². The van der Waals surface area contributed by atoms with E-state index in [1.54, 1.807) is 12.4 Å². The first-order valence-electron chi connectivity index (χ1n) is 7.86. The van der Waals surface area contributed by atoms with E-state index in [2.05, 4.69) is 22.5 Å². The summed E-state index contributed by atoms with van der Waals surface area (Å²) in [7, 11) is 0. The van der Waals surface area contributed by atoms with Gasteiger partial charge in [0.15, 0.2) is 0 Å². The molecule has 0 radical (unpaired) electrons. The molecule has 0 aliphatic heterocycles. The van der Waals surface area contributed by atoms with Crippen LogP contribution in [0.25, 0.3) is 0 Å². The first-order chi connectivity index (χ1) is 11.1. The molecule has 3 rings (SSSR count). The number of pyridine rings is 1. The second-order valence-corrected chi connectivity index (χ2v) is 6.36. The van der Waals surface area contributed by atoms with E-state index in [1.165, 1.54) is 5.56 Å². The fourth-order valence-corrected chi connectivity index (χ4v) is 2.56. The predicted octanol–water partition coefficient (Wildman–Crippen LogP) is 3.93. The number of amides is 1. The van der Waals surface area contributed by atoms with Gasteiger partial charge in [-0.25, -0.2) is 0 Å². The van der Waals surface area contributed by atoms with Gasteiger partial charge in [0.25, 0.3) is 0 Å². The average Bonchev–Trinajstić information content (AvgIpc) is 3.39. The summed E-state index contributed by atoms with van der Waals surface area (Å²) in [5.74, 6) is 0.358. The summed E-state index contributed by atoms with van der Waals surface area (Å²) in [5.41, 5.74) is 3.05. The Balaban J connectivity index is 1.55. The van der Waals surface area contributed by atoms with Crippen molar-refractivity contribution in [1.82, 2.24) is 10.3 Å². The number of benzene rings is 1. The van der Waals surface area contributed by atoms with Crippen LogP contribution >= 0.6 is 11.6 Å². The first kappa shape index (κ1) is 16.0. The number of anilines is 1. The minimum Gasteiger partial charge on any atom is -0.326 e. The van der Waals surface area contributed by atoms with Crippen LogP contribution in [-0.4, -0.2) is 10.9 Å². The second-order valence-electron chi connectivity index (χ2n) is 5.96. The van der Waals surface area contributed by atoms with Gasteiger partial charge in [-0.1, -0.05) is 23.7 Å². The molecule has 1 aliphatic rings. The number of rotatable bonds is 6. The lowest BCUT2D eigenvalue weighted by Gasteiger charge is -2.15. The van der Waals surface area contributed by atoms with E-state index in [0.717, 1.165) is 24.1 Å². The van der Waals surface area contributed by atoms with E-state index < -0.39 is 0 Å². The van der Waals surface area contributed by atoms with Gasteiger partial charge in [0.2, 0.25) is 5.91 Å². The molecule has 1 aliphatic carbocycles. The van der Waals surface area contributed by atoms with Gasteiger partial charge in [0, 0.05) is 36.6 Å². The van der Waals surface area contributed by atoms with E-state index in [0.29, 0.717) is 11.6 Å². The predicted molar refractivity (Wildman–Crippen MR) is 92.3 cm³/mol. The summed E-state index contributed by atoms with van der Waals surface area (Å²) in [6.07, 6.45) is 5.43. The van der Waals surface area contributed by atoms with Crippen molar-refractivity contribution >= 4 is 23.2 Å². The average molecular weight is 330 g/mol. The molecular formula is C18H20ClN3O. The number of carbonyl (C=O) groups excluding carboxylic acids is 1. The molecule has 2 aromatic rings. The number of nitrogens with one attached hydrogen (secondary N) is 2. The van der Waals surface area contributed by atoms with Crippen molar-refractivity contribution in [2.75, 3.05) is 5.32 Å². The zero-order valence-corrected chi connectivity index (χ0v) is 13.8. The maximum atomic E-state index is 11.7. The van der Waals surface area contributed by atoms with E-state index in [4.69, 9.17) is 11.6 Å². The molecule has 1 amide bonds. The highest BCUT2D eigenvalue weighted by molar-refractivity contribution is 6.31. The van der Waals surface area contributed by atoms with E-state index >= 15 is 0 Å². The molecule has 1 aromatic heterocycles. The van der Waals surface area contributed by atoms with Crippen LogP contribution in [0.3, 0.4) is 0 Å². The Hall–Kier alpha value is -1.91. The molecule has 2 N–H and O–H groups in total. The Labute approximate surface area is 141 Å². The summed E-state index contributed by atoms with van der Waals surface area (Å²) < 4.78 is 0. The summed E-state index contributed by atoms with van der Waals surface area (Å²) >= 11 is 6.11. The molecule has 4 nitrogen and oxygen atoms in total. The van der Waals surface area contributed by atoms with Gasteiger partial charge in [-0.05, 0) is 49.1 Å². The van der Waals surface area contributed by atoms with Crippen molar-refractivity contribution in [3.8, 4) is 0 Å². The molecule has 0 bridgehead atoms. The molecule has 1 unspecified atom stereocenters. The standard InChI is InChI=1S/C18H20ClN3O/c1-12(21-10-15-8-9-20-11-17(15)19)13-4-6-16(7-5-13)22-18(23)14-2-3-14/h4-9,11-12,14,21H,2-3,10H2,1H3,(H,22,23). The molecule has 1 aromatic carbocycles. The highest BCUT2D eigenvalue weighted by atomic mass is 35.5.